The molecule has 21 heavy (non-hydrogen) atoms. The van der Waals surface area contributed by atoms with E-state index in [0.717, 1.165) is 42.4 Å². The highest BCUT2D eigenvalue weighted by molar-refractivity contribution is 7.99. The zero-order valence-electron chi connectivity index (χ0n) is 13.4. The lowest BCUT2D eigenvalue weighted by molar-refractivity contribution is 0.622. The Morgan fingerprint density at radius 2 is 1.81 bits per heavy atom. The lowest BCUT2D eigenvalue weighted by Crippen LogP contribution is -2.25. The molecule has 1 aromatic heterocycles. The molecule has 1 aromatic rings. The first-order chi connectivity index (χ1) is 10.3. The van der Waals surface area contributed by atoms with Crippen molar-refractivity contribution in [3.05, 3.63) is 0 Å². The maximum absolute atomic E-state index is 4.65. The van der Waals surface area contributed by atoms with Crippen LogP contribution in [0.1, 0.15) is 46.5 Å². The molecule has 0 radical (unpaired) electrons. The van der Waals surface area contributed by atoms with Crippen LogP contribution in [0.15, 0.2) is 5.16 Å². The van der Waals surface area contributed by atoms with Gasteiger partial charge in [0.25, 0.3) is 0 Å². The standard InChI is InChI=1S/C15H27N5S/c1-4-16-13-17-14(20(5-2)6-3)19-15(18-13)21-11-12-9-7-8-10-12/h12H,4-11H2,1-3H3,(H,16,17,18,19). The number of rotatable bonds is 8. The molecule has 0 unspecified atom stereocenters. The van der Waals surface area contributed by atoms with Crippen LogP contribution in [0.3, 0.4) is 0 Å². The zero-order valence-corrected chi connectivity index (χ0v) is 14.2. The minimum Gasteiger partial charge on any atom is -0.354 e. The van der Waals surface area contributed by atoms with Crippen LogP contribution in [0.25, 0.3) is 0 Å². The van der Waals surface area contributed by atoms with Crippen molar-refractivity contribution in [3.63, 3.8) is 0 Å². The Morgan fingerprint density at radius 3 is 2.43 bits per heavy atom. The molecule has 0 saturated heterocycles. The van der Waals surface area contributed by atoms with Crippen molar-refractivity contribution in [2.75, 3.05) is 35.6 Å². The molecular weight excluding hydrogens is 282 g/mol. The van der Waals surface area contributed by atoms with E-state index in [-0.39, 0.29) is 0 Å². The van der Waals surface area contributed by atoms with Crippen molar-refractivity contribution in [1.82, 2.24) is 15.0 Å². The molecule has 1 aliphatic carbocycles. The first-order valence-electron chi connectivity index (χ1n) is 8.14. The average molecular weight is 309 g/mol. The van der Waals surface area contributed by atoms with E-state index in [1.807, 2.05) is 0 Å². The summed E-state index contributed by atoms with van der Waals surface area (Å²) in [6.45, 7) is 8.98. The highest BCUT2D eigenvalue weighted by Gasteiger charge is 2.17. The van der Waals surface area contributed by atoms with Gasteiger partial charge in [0.2, 0.25) is 11.9 Å². The summed E-state index contributed by atoms with van der Waals surface area (Å²) >= 11 is 1.78. The zero-order chi connectivity index (χ0) is 15.1. The monoisotopic (exact) mass is 309 g/mol. The van der Waals surface area contributed by atoms with Gasteiger partial charge in [0.05, 0.1) is 0 Å². The summed E-state index contributed by atoms with van der Waals surface area (Å²) in [7, 11) is 0. The Balaban J connectivity index is 2.09. The van der Waals surface area contributed by atoms with Crippen LogP contribution < -0.4 is 10.2 Å². The third-order valence-electron chi connectivity index (χ3n) is 3.91. The molecule has 1 heterocycles. The molecule has 2 rings (SSSR count). The quantitative estimate of drug-likeness (QED) is 0.743. The number of thioether (sulfide) groups is 1. The second-order valence-corrected chi connectivity index (χ2v) is 6.39. The molecule has 0 atom stereocenters. The Labute approximate surface area is 132 Å². The molecule has 0 amide bonds. The van der Waals surface area contributed by atoms with Gasteiger partial charge in [0, 0.05) is 25.4 Å². The lowest BCUT2D eigenvalue weighted by atomic mass is 10.1. The molecule has 5 nitrogen and oxygen atoms in total. The highest BCUT2D eigenvalue weighted by atomic mass is 32.2. The van der Waals surface area contributed by atoms with Crippen LogP contribution in [-0.4, -0.2) is 40.3 Å². The topological polar surface area (TPSA) is 53.9 Å². The van der Waals surface area contributed by atoms with Crippen molar-refractivity contribution in [2.45, 2.75) is 51.6 Å². The Morgan fingerprint density at radius 1 is 1.10 bits per heavy atom. The third-order valence-corrected chi connectivity index (χ3v) is 4.99. The van der Waals surface area contributed by atoms with E-state index in [2.05, 4.69) is 45.9 Å². The summed E-state index contributed by atoms with van der Waals surface area (Å²) in [4.78, 5) is 15.9. The second-order valence-electron chi connectivity index (χ2n) is 5.41. The smallest absolute Gasteiger partial charge is 0.231 e. The summed E-state index contributed by atoms with van der Waals surface area (Å²) < 4.78 is 0. The first-order valence-corrected chi connectivity index (χ1v) is 9.13. The average Bonchev–Trinajstić information content (AvgIpc) is 3.00. The van der Waals surface area contributed by atoms with Gasteiger partial charge in [-0.2, -0.15) is 15.0 Å². The van der Waals surface area contributed by atoms with Crippen molar-refractivity contribution in [2.24, 2.45) is 5.92 Å². The summed E-state index contributed by atoms with van der Waals surface area (Å²) in [5.41, 5.74) is 0. The summed E-state index contributed by atoms with van der Waals surface area (Å²) in [5, 5.41) is 4.07. The van der Waals surface area contributed by atoms with Crippen molar-refractivity contribution < 1.29 is 0 Å². The molecule has 1 aliphatic rings. The van der Waals surface area contributed by atoms with Crippen molar-refractivity contribution >= 4 is 23.7 Å². The van der Waals surface area contributed by atoms with Gasteiger partial charge in [0.15, 0.2) is 5.16 Å². The third kappa shape index (κ3) is 4.73. The van der Waals surface area contributed by atoms with Gasteiger partial charge in [-0.3, -0.25) is 0 Å². The van der Waals surface area contributed by atoms with E-state index in [1.165, 1.54) is 25.7 Å². The fourth-order valence-electron chi connectivity index (χ4n) is 2.66. The van der Waals surface area contributed by atoms with Crippen molar-refractivity contribution in [3.8, 4) is 0 Å². The molecule has 0 aromatic carbocycles. The lowest BCUT2D eigenvalue weighted by Gasteiger charge is -2.19. The van der Waals surface area contributed by atoms with Crippen LogP contribution in [-0.2, 0) is 0 Å². The van der Waals surface area contributed by atoms with Gasteiger partial charge in [-0.05, 0) is 39.5 Å². The van der Waals surface area contributed by atoms with Crippen LogP contribution in [0.5, 0.6) is 0 Å². The maximum Gasteiger partial charge on any atom is 0.231 e. The van der Waals surface area contributed by atoms with E-state index in [1.54, 1.807) is 11.8 Å². The van der Waals surface area contributed by atoms with Gasteiger partial charge >= 0.3 is 0 Å². The number of nitrogens with zero attached hydrogens (tertiary/aromatic N) is 4. The first kappa shape index (κ1) is 16.3. The fourth-order valence-corrected chi connectivity index (χ4v) is 3.68. The fraction of sp³-hybridized carbons (Fsp3) is 0.800. The number of aromatic nitrogens is 3. The number of hydrogen-bond donors (Lipinski definition) is 1. The van der Waals surface area contributed by atoms with Gasteiger partial charge in [-0.25, -0.2) is 0 Å². The Kier molecular flexibility index (Phi) is 6.54. The van der Waals surface area contributed by atoms with Crippen LogP contribution in [0.4, 0.5) is 11.9 Å². The van der Waals surface area contributed by atoms with E-state index in [0.29, 0.717) is 5.95 Å². The molecule has 0 spiro atoms. The predicted octanol–water partition coefficient (Wildman–Crippen LogP) is 3.43. The molecule has 6 heteroatoms. The predicted molar refractivity (Wildman–Crippen MR) is 90.2 cm³/mol. The Hall–Kier alpha value is -1.04. The van der Waals surface area contributed by atoms with Gasteiger partial charge in [-0.1, -0.05) is 24.6 Å². The van der Waals surface area contributed by atoms with Crippen molar-refractivity contribution in [1.29, 1.82) is 0 Å². The maximum atomic E-state index is 4.65. The highest BCUT2D eigenvalue weighted by Crippen LogP contribution is 2.30. The SMILES string of the molecule is CCNc1nc(SCC2CCCC2)nc(N(CC)CC)n1. The van der Waals surface area contributed by atoms with E-state index >= 15 is 0 Å². The summed E-state index contributed by atoms with van der Waals surface area (Å²) in [6, 6.07) is 0. The van der Waals surface area contributed by atoms with E-state index in [9.17, 15) is 0 Å². The van der Waals surface area contributed by atoms with Gasteiger partial charge < -0.3 is 10.2 Å². The molecule has 1 saturated carbocycles. The molecular formula is C15H27N5S. The molecule has 1 N–H and O–H groups in total. The Bertz CT molecular complexity index is 430. The number of hydrogen-bond acceptors (Lipinski definition) is 6. The molecule has 0 aliphatic heterocycles. The summed E-state index contributed by atoms with van der Waals surface area (Å²) in [6.07, 6.45) is 5.49. The minimum atomic E-state index is 0.698. The molecule has 118 valence electrons. The molecule has 0 bridgehead atoms. The van der Waals surface area contributed by atoms with Crippen LogP contribution >= 0.6 is 11.8 Å². The van der Waals surface area contributed by atoms with Gasteiger partial charge in [0.1, 0.15) is 0 Å². The summed E-state index contributed by atoms with van der Waals surface area (Å²) in [5.74, 6) is 3.46. The number of nitrogens with one attached hydrogen (secondary N) is 1. The largest absolute Gasteiger partial charge is 0.354 e. The second kappa shape index (κ2) is 8.41. The minimum absolute atomic E-state index is 0.698. The van der Waals surface area contributed by atoms with Gasteiger partial charge in [-0.15, -0.1) is 0 Å². The van der Waals surface area contributed by atoms with E-state index in [4.69, 9.17) is 0 Å². The van der Waals surface area contributed by atoms with Crippen LogP contribution in [0.2, 0.25) is 0 Å². The normalized spacial score (nSPS) is 15.4. The number of anilines is 2. The van der Waals surface area contributed by atoms with E-state index < -0.39 is 0 Å². The van der Waals surface area contributed by atoms with Crippen LogP contribution in [0, 0.1) is 5.92 Å². The molecule has 1 fully saturated rings.